The second-order valence-electron chi connectivity index (χ2n) is 9.52. The van der Waals surface area contributed by atoms with Gasteiger partial charge in [-0.1, -0.05) is 18.2 Å². The molecule has 5 nitrogen and oxygen atoms in total. The van der Waals surface area contributed by atoms with Gasteiger partial charge in [-0.2, -0.15) is 0 Å². The third kappa shape index (κ3) is 2.98. The number of rotatable bonds is 1. The normalized spacial score (nSPS) is 12.1. The highest BCUT2D eigenvalue weighted by atomic mass is 19.1. The summed E-state index contributed by atoms with van der Waals surface area (Å²) in [7, 11) is 0. The average molecular weight is 515 g/mol. The number of fused-ring (bicyclic) bond motifs is 7. The first-order chi connectivity index (χ1) is 19.0. The molecule has 0 bridgehead atoms. The summed E-state index contributed by atoms with van der Waals surface area (Å²) in [6.45, 7) is 0. The van der Waals surface area contributed by atoms with E-state index in [0.717, 1.165) is 0 Å². The molecule has 0 aliphatic heterocycles. The Balaban J connectivity index is 1.51. The molecular weight excluding hydrogens is 500 g/mol. The Kier molecular flexibility index (Phi) is 4.25. The van der Waals surface area contributed by atoms with Crippen molar-refractivity contribution in [2.75, 3.05) is 0 Å². The lowest BCUT2D eigenvalue weighted by atomic mass is 10.1. The summed E-state index contributed by atoms with van der Waals surface area (Å²) in [4.78, 5) is 26.9. The summed E-state index contributed by atoms with van der Waals surface area (Å²) in [5, 5.41) is 2.34. The topological polar surface area (TPSA) is 65.3 Å². The molecule has 0 unspecified atom stereocenters. The first kappa shape index (κ1) is 21.8. The van der Waals surface area contributed by atoms with E-state index in [1.807, 2.05) is 4.57 Å². The molecule has 0 saturated carbocycles. The van der Waals surface area contributed by atoms with Crippen LogP contribution in [0.2, 0.25) is 0 Å². The lowest BCUT2D eigenvalue weighted by Gasteiger charge is -2.11. The molecular formula is C32H15F2NO4. The molecule has 0 aliphatic rings. The van der Waals surface area contributed by atoms with Gasteiger partial charge in [0.2, 0.25) is 10.9 Å². The van der Waals surface area contributed by atoms with E-state index in [4.69, 9.17) is 8.83 Å². The van der Waals surface area contributed by atoms with Crippen LogP contribution in [-0.2, 0) is 0 Å². The van der Waals surface area contributed by atoms with Gasteiger partial charge < -0.3 is 13.4 Å². The van der Waals surface area contributed by atoms with Gasteiger partial charge in [0.25, 0.3) is 0 Å². The lowest BCUT2D eigenvalue weighted by molar-refractivity contribution is 0.628. The van der Waals surface area contributed by atoms with Crippen LogP contribution in [0.5, 0.6) is 0 Å². The SMILES string of the molecule is O=c1c2ccccc2oc2cc3oc4c(-n5c6ccc(F)cc6c6cc(F)ccc65)cccc4c(=O)c3cc12. The summed E-state index contributed by atoms with van der Waals surface area (Å²) < 4.78 is 42.6. The van der Waals surface area contributed by atoms with Crippen LogP contribution in [0.1, 0.15) is 0 Å². The van der Waals surface area contributed by atoms with Crippen molar-refractivity contribution >= 4 is 65.7 Å². The third-order valence-corrected chi connectivity index (χ3v) is 7.30. The smallest absolute Gasteiger partial charge is 0.200 e. The van der Waals surface area contributed by atoms with E-state index in [9.17, 15) is 18.4 Å². The molecule has 0 amide bonds. The summed E-state index contributed by atoms with van der Waals surface area (Å²) in [6.07, 6.45) is 0. The molecule has 3 aromatic heterocycles. The van der Waals surface area contributed by atoms with Crippen molar-refractivity contribution in [3.8, 4) is 5.69 Å². The number of aromatic nitrogens is 1. The zero-order valence-electron chi connectivity index (χ0n) is 20.0. The van der Waals surface area contributed by atoms with Gasteiger partial charge in [-0.15, -0.1) is 0 Å². The van der Waals surface area contributed by atoms with Crippen LogP contribution in [0.3, 0.4) is 0 Å². The number of para-hydroxylation sites is 2. The molecule has 5 aromatic carbocycles. The molecule has 0 saturated heterocycles. The van der Waals surface area contributed by atoms with E-state index in [1.54, 1.807) is 60.7 Å². The standard InChI is InChI=1S/C32H15F2NO4/c33-16-8-10-24-20(12-16)21-13-17(34)9-11-25(21)35(24)26-6-3-5-19-31(37)23-14-22-28(15-29(23)39-32(19)26)38-27-7-2-1-4-18(27)30(22)36/h1-15H. The fourth-order valence-corrected chi connectivity index (χ4v) is 5.56. The van der Waals surface area contributed by atoms with E-state index in [0.29, 0.717) is 55.0 Å². The maximum atomic E-state index is 14.2. The van der Waals surface area contributed by atoms with Crippen molar-refractivity contribution in [2.24, 2.45) is 0 Å². The zero-order valence-corrected chi connectivity index (χ0v) is 20.0. The molecule has 0 aliphatic carbocycles. The van der Waals surface area contributed by atoms with Gasteiger partial charge in [-0.25, -0.2) is 8.78 Å². The highest BCUT2D eigenvalue weighted by Crippen LogP contribution is 2.36. The van der Waals surface area contributed by atoms with Gasteiger partial charge in [-0.05, 0) is 66.7 Å². The van der Waals surface area contributed by atoms with Crippen molar-refractivity contribution in [3.05, 3.63) is 123 Å². The Labute approximate surface area is 216 Å². The van der Waals surface area contributed by atoms with Crippen LogP contribution < -0.4 is 10.9 Å². The third-order valence-electron chi connectivity index (χ3n) is 7.30. The summed E-state index contributed by atoms with van der Waals surface area (Å²) >= 11 is 0. The second kappa shape index (κ2) is 7.61. The van der Waals surface area contributed by atoms with Crippen LogP contribution in [0, 0.1) is 11.6 Å². The van der Waals surface area contributed by atoms with Crippen molar-refractivity contribution in [2.45, 2.75) is 0 Å². The van der Waals surface area contributed by atoms with Crippen molar-refractivity contribution in [3.63, 3.8) is 0 Å². The minimum atomic E-state index is -0.442. The number of hydrogen-bond acceptors (Lipinski definition) is 4. The van der Waals surface area contributed by atoms with E-state index in [-0.39, 0.29) is 27.2 Å². The predicted molar refractivity (Wildman–Crippen MR) is 148 cm³/mol. The van der Waals surface area contributed by atoms with Gasteiger partial charge in [0.1, 0.15) is 28.4 Å². The molecule has 0 spiro atoms. The molecule has 8 rings (SSSR count). The summed E-state index contributed by atoms with van der Waals surface area (Å²) in [5.74, 6) is -0.885. The molecule has 0 atom stereocenters. The minimum absolute atomic E-state index is 0.230. The van der Waals surface area contributed by atoms with Gasteiger partial charge in [-0.3, -0.25) is 9.59 Å². The van der Waals surface area contributed by atoms with E-state index < -0.39 is 11.6 Å². The van der Waals surface area contributed by atoms with Gasteiger partial charge in [0, 0.05) is 16.8 Å². The maximum Gasteiger partial charge on any atom is 0.200 e. The fourth-order valence-electron chi connectivity index (χ4n) is 5.56. The molecule has 39 heavy (non-hydrogen) atoms. The van der Waals surface area contributed by atoms with Crippen molar-refractivity contribution in [1.29, 1.82) is 0 Å². The average Bonchev–Trinajstić information content (AvgIpc) is 3.25. The highest BCUT2D eigenvalue weighted by molar-refractivity contribution is 6.10. The number of hydrogen-bond donors (Lipinski definition) is 0. The number of halogens is 2. The van der Waals surface area contributed by atoms with E-state index >= 15 is 0 Å². The van der Waals surface area contributed by atoms with E-state index in [2.05, 4.69) is 0 Å². The second-order valence-corrected chi connectivity index (χ2v) is 9.52. The molecule has 0 radical (unpaired) electrons. The Hall–Kier alpha value is -5.30. The van der Waals surface area contributed by atoms with Crippen LogP contribution in [0.15, 0.2) is 109 Å². The quantitative estimate of drug-likeness (QED) is 0.211. The van der Waals surface area contributed by atoms with Gasteiger partial charge in [0.05, 0.1) is 38.3 Å². The van der Waals surface area contributed by atoms with Crippen LogP contribution in [0.4, 0.5) is 8.78 Å². The summed E-state index contributed by atoms with van der Waals surface area (Å²) in [5.41, 5.74) is 2.54. The van der Waals surface area contributed by atoms with Crippen molar-refractivity contribution in [1.82, 2.24) is 4.57 Å². The monoisotopic (exact) mass is 515 g/mol. The molecule has 0 N–H and O–H groups in total. The molecule has 8 aromatic rings. The largest absolute Gasteiger partial charge is 0.456 e. The van der Waals surface area contributed by atoms with Crippen LogP contribution in [0.25, 0.3) is 71.4 Å². The van der Waals surface area contributed by atoms with Gasteiger partial charge in [0.15, 0.2) is 5.58 Å². The molecule has 0 fully saturated rings. The first-order valence-electron chi connectivity index (χ1n) is 12.2. The van der Waals surface area contributed by atoms with E-state index in [1.165, 1.54) is 30.3 Å². The van der Waals surface area contributed by atoms with Crippen LogP contribution >= 0.6 is 0 Å². The van der Waals surface area contributed by atoms with Gasteiger partial charge >= 0.3 is 0 Å². The predicted octanol–water partition coefficient (Wildman–Crippen LogP) is 7.58. The molecule has 3 heterocycles. The number of benzene rings is 5. The lowest BCUT2D eigenvalue weighted by Crippen LogP contribution is -2.07. The highest BCUT2D eigenvalue weighted by Gasteiger charge is 2.19. The Morgan fingerprint density at radius 3 is 1.85 bits per heavy atom. The number of nitrogens with zero attached hydrogens (tertiary/aromatic N) is 1. The Bertz CT molecular complexity index is 2410. The fraction of sp³-hybridized carbons (Fsp3) is 0. The Morgan fingerprint density at radius 2 is 1.13 bits per heavy atom. The minimum Gasteiger partial charge on any atom is -0.456 e. The maximum absolute atomic E-state index is 14.2. The molecule has 7 heteroatoms. The molecule has 186 valence electrons. The summed E-state index contributed by atoms with van der Waals surface area (Å²) in [6, 6.07) is 23.8. The zero-order chi connectivity index (χ0) is 26.4. The van der Waals surface area contributed by atoms with Crippen LogP contribution in [-0.4, -0.2) is 4.57 Å². The van der Waals surface area contributed by atoms with Crippen molar-refractivity contribution < 1.29 is 17.6 Å². The Morgan fingerprint density at radius 1 is 0.513 bits per heavy atom. The first-order valence-corrected chi connectivity index (χ1v) is 12.2.